The molecule has 1 fully saturated rings. The van der Waals surface area contributed by atoms with E-state index in [2.05, 4.69) is 5.32 Å². The number of hydrogen-bond acceptors (Lipinski definition) is 3. The quantitative estimate of drug-likeness (QED) is 0.643. The molecule has 0 spiro atoms. The molecule has 1 heterocycles. The summed E-state index contributed by atoms with van der Waals surface area (Å²) in [5.41, 5.74) is 5.67. The molecule has 0 aromatic heterocycles. The summed E-state index contributed by atoms with van der Waals surface area (Å²) >= 11 is 0. The molecular formula is C9H18N2O2. The summed E-state index contributed by atoms with van der Waals surface area (Å²) in [5, 5.41) is 2.83. The van der Waals surface area contributed by atoms with E-state index in [1.807, 2.05) is 6.92 Å². The number of carbonyl (C=O) groups excluding carboxylic acids is 1. The van der Waals surface area contributed by atoms with Crippen LogP contribution >= 0.6 is 0 Å². The summed E-state index contributed by atoms with van der Waals surface area (Å²) in [6, 6.07) is 0.0753. The maximum absolute atomic E-state index is 11.4. The first-order chi connectivity index (χ1) is 6.24. The number of nitrogens with two attached hydrogens (primary N) is 1. The van der Waals surface area contributed by atoms with Gasteiger partial charge in [0.15, 0.2) is 0 Å². The van der Waals surface area contributed by atoms with Gasteiger partial charge in [-0.25, -0.2) is 0 Å². The molecule has 2 atom stereocenters. The van der Waals surface area contributed by atoms with Gasteiger partial charge in [0.2, 0.25) is 5.91 Å². The Morgan fingerprint density at radius 2 is 2.54 bits per heavy atom. The van der Waals surface area contributed by atoms with Gasteiger partial charge in [-0.1, -0.05) is 6.92 Å². The predicted molar refractivity (Wildman–Crippen MR) is 50.2 cm³/mol. The van der Waals surface area contributed by atoms with Crippen molar-refractivity contribution in [3.05, 3.63) is 0 Å². The topological polar surface area (TPSA) is 64.3 Å². The van der Waals surface area contributed by atoms with E-state index in [-0.39, 0.29) is 17.9 Å². The number of ether oxygens (including phenoxy) is 1. The van der Waals surface area contributed by atoms with E-state index < -0.39 is 0 Å². The van der Waals surface area contributed by atoms with E-state index in [4.69, 9.17) is 10.5 Å². The normalized spacial score (nSPS) is 24.3. The predicted octanol–water partition coefficient (Wildman–Crippen LogP) is -0.124. The van der Waals surface area contributed by atoms with Gasteiger partial charge in [0.05, 0.1) is 12.5 Å². The number of amides is 1. The average Bonchev–Trinajstić information content (AvgIpc) is 2.66. The second kappa shape index (κ2) is 5.19. The van der Waals surface area contributed by atoms with Gasteiger partial charge in [0.1, 0.15) is 0 Å². The third kappa shape index (κ3) is 3.32. The van der Waals surface area contributed by atoms with Crippen LogP contribution in [0.5, 0.6) is 0 Å². The SMILES string of the molecule is CCC(N)CNC(=O)C1CCOC1. The summed E-state index contributed by atoms with van der Waals surface area (Å²) < 4.78 is 5.12. The average molecular weight is 186 g/mol. The molecule has 1 aliphatic heterocycles. The Labute approximate surface area is 78.8 Å². The van der Waals surface area contributed by atoms with Gasteiger partial charge in [-0.2, -0.15) is 0 Å². The number of hydrogen-bond donors (Lipinski definition) is 2. The minimum atomic E-state index is 0.0454. The number of nitrogens with one attached hydrogen (secondary N) is 1. The summed E-state index contributed by atoms with van der Waals surface area (Å²) in [7, 11) is 0. The zero-order valence-corrected chi connectivity index (χ0v) is 8.08. The molecule has 0 bridgehead atoms. The highest BCUT2D eigenvalue weighted by atomic mass is 16.5. The molecule has 2 unspecified atom stereocenters. The molecule has 0 aromatic carbocycles. The molecule has 4 heteroatoms. The van der Waals surface area contributed by atoms with Crippen LogP contribution in [0.4, 0.5) is 0 Å². The second-order valence-corrected chi connectivity index (χ2v) is 3.47. The van der Waals surface area contributed by atoms with Gasteiger partial charge in [-0.3, -0.25) is 4.79 Å². The number of carbonyl (C=O) groups is 1. The zero-order valence-electron chi connectivity index (χ0n) is 8.08. The summed E-state index contributed by atoms with van der Waals surface area (Å²) in [4.78, 5) is 11.4. The second-order valence-electron chi connectivity index (χ2n) is 3.47. The first-order valence-corrected chi connectivity index (χ1v) is 4.85. The third-order valence-corrected chi connectivity index (χ3v) is 2.36. The maximum atomic E-state index is 11.4. The zero-order chi connectivity index (χ0) is 9.68. The van der Waals surface area contributed by atoms with Gasteiger partial charge < -0.3 is 15.8 Å². The molecule has 76 valence electrons. The Bertz CT molecular complexity index is 167. The summed E-state index contributed by atoms with van der Waals surface area (Å²) in [5.74, 6) is 0.130. The smallest absolute Gasteiger partial charge is 0.225 e. The molecule has 0 aliphatic carbocycles. The Balaban J connectivity index is 2.16. The standard InChI is InChI=1S/C9H18N2O2/c1-2-8(10)5-11-9(12)7-3-4-13-6-7/h7-8H,2-6,10H2,1H3,(H,11,12). The van der Waals surface area contributed by atoms with Gasteiger partial charge in [0.25, 0.3) is 0 Å². The van der Waals surface area contributed by atoms with E-state index in [0.29, 0.717) is 19.8 Å². The van der Waals surface area contributed by atoms with Gasteiger partial charge >= 0.3 is 0 Å². The van der Waals surface area contributed by atoms with Crippen molar-refractivity contribution >= 4 is 5.91 Å². The van der Waals surface area contributed by atoms with Crippen molar-refractivity contribution in [2.24, 2.45) is 11.7 Å². The monoisotopic (exact) mass is 186 g/mol. The van der Waals surface area contributed by atoms with Gasteiger partial charge in [-0.15, -0.1) is 0 Å². The maximum Gasteiger partial charge on any atom is 0.225 e. The van der Waals surface area contributed by atoms with Gasteiger partial charge in [-0.05, 0) is 12.8 Å². The Morgan fingerprint density at radius 3 is 3.08 bits per heavy atom. The van der Waals surface area contributed by atoms with E-state index in [1.54, 1.807) is 0 Å². The fourth-order valence-corrected chi connectivity index (χ4v) is 1.26. The van der Waals surface area contributed by atoms with Gasteiger partial charge in [0, 0.05) is 19.2 Å². The molecule has 1 saturated heterocycles. The molecule has 0 saturated carbocycles. The highest BCUT2D eigenvalue weighted by Crippen LogP contribution is 2.11. The Kier molecular flexibility index (Phi) is 4.18. The van der Waals surface area contributed by atoms with E-state index in [1.165, 1.54) is 0 Å². The molecule has 1 amide bonds. The van der Waals surface area contributed by atoms with E-state index in [9.17, 15) is 4.79 Å². The minimum Gasteiger partial charge on any atom is -0.381 e. The van der Waals surface area contributed by atoms with Crippen LogP contribution in [0, 0.1) is 5.92 Å². The van der Waals surface area contributed by atoms with Crippen LogP contribution in [-0.2, 0) is 9.53 Å². The van der Waals surface area contributed by atoms with E-state index in [0.717, 1.165) is 12.8 Å². The highest BCUT2D eigenvalue weighted by Gasteiger charge is 2.23. The molecule has 4 nitrogen and oxygen atoms in total. The highest BCUT2D eigenvalue weighted by molar-refractivity contribution is 5.78. The van der Waals surface area contributed by atoms with Crippen molar-refractivity contribution in [3.63, 3.8) is 0 Å². The molecule has 3 N–H and O–H groups in total. The van der Waals surface area contributed by atoms with Crippen LogP contribution in [0.1, 0.15) is 19.8 Å². The first kappa shape index (κ1) is 10.5. The molecule has 13 heavy (non-hydrogen) atoms. The molecule has 1 aliphatic rings. The van der Waals surface area contributed by atoms with E-state index >= 15 is 0 Å². The van der Waals surface area contributed by atoms with Crippen molar-refractivity contribution < 1.29 is 9.53 Å². The van der Waals surface area contributed by atoms with Crippen LogP contribution in [-0.4, -0.2) is 31.7 Å². The lowest BCUT2D eigenvalue weighted by Gasteiger charge is -2.12. The van der Waals surface area contributed by atoms with Crippen LogP contribution in [0.15, 0.2) is 0 Å². The first-order valence-electron chi connectivity index (χ1n) is 4.85. The van der Waals surface area contributed by atoms with Crippen LogP contribution in [0.3, 0.4) is 0 Å². The van der Waals surface area contributed by atoms with Crippen molar-refractivity contribution in [1.82, 2.24) is 5.32 Å². The minimum absolute atomic E-state index is 0.0454. The molecule has 0 radical (unpaired) electrons. The van der Waals surface area contributed by atoms with Crippen LogP contribution < -0.4 is 11.1 Å². The fourth-order valence-electron chi connectivity index (χ4n) is 1.26. The summed E-state index contributed by atoms with van der Waals surface area (Å²) in [6.07, 6.45) is 1.73. The Morgan fingerprint density at radius 1 is 1.77 bits per heavy atom. The van der Waals surface area contributed by atoms with Crippen LogP contribution in [0.2, 0.25) is 0 Å². The van der Waals surface area contributed by atoms with Crippen molar-refractivity contribution in [1.29, 1.82) is 0 Å². The third-order valence-electron chi connectivity index (χ3n) is 2.36. The lowest BCUT2D eigenvalue weighted by molar-refractivity contribution is -0.125. The lowest BCUT2D eigenvalue weighted by Crippen LogP contribution is -2.39. The molecular weight excluding hydrogens is 168 g/mol. The lowest BCUT2D eigenvalue weighted by atomic mass is 10.1. The van der Waals surface area contributed by atoms with Crippen molar-refractivity contribution in [2.45, 2.75) is 25.8 Å². The van der Waals surface area contributed by atoms with Crippen molar-refractivity contribution in [3.8, 4) is 0 Å². The molecule has 1 rings (SSSR count). The number of rotatable bonds is 4. The largest absolute Gasteiger partial charge is 0.381 e. The Hall–Kier alpha value is -0.610. The van der Waals surface area contributed by atoms with Crippen LogP contribution in [0.25, 0.3) is 0 Å². The van der Waals surface area contributed by atoms with Crippen molar-refractivity contribution in [2.75, 3.05) is 19.8 Å². The fraction of sp³-hybridized carbons (Fsp3) is 0.889. The summed E-state index contributed by atoms with van der Waals surface area (Å²) in [6.45, 7) is 3.85. The molecule has 0 aromatic rings.